The molecule has 0 unspecified atom stereocenters. The van der Waals surface area contributed by atoms with E-state index in [4.69, 9.17) is 4.84 Å². The third kappa shape index (κ3) is 2.72. The van der Waals surface area contributed by atoms with E-state index in [-0.39, 0.29) is 11.9 Å². The summed E-state index contributed by atoms with van der Waals surface area (Å²) in [6.45, 7) is 1.36. The molecule has 3 rings (SSSR count). The van der Waals surface area contributed by atoms with E-state index in [0.717, 1.165) is 5.06 Å². The van der Waals surface area contributed by atoms with Gasteiger partial charge < -0.3 is 9.47 Å². The van der Waals surface area contributed by atoms with E-state index in [1.54, 1.807) is 0 Å². The molecule has 2 aliphatic rings. The fraction of sp³-hybridized carbons (Fsp3) is 0.538. The van der Waals surface area contributed by atoms with Gasteiger partial charge in [0.25, 0.3) is 5.91 Å². The first kappa shape index (κ1) is 13.9. The van der Waals surface area contributed by atoms with Crippen LogP contribution in [0.1, 0.15) is 12.8 Å². The molecule has 3 heterocycles. The van der Waals surface area contributed by atoms with Crippen molar-refractivity contribution in [2.45, 2.75) is 31.5 Å². The highest BCUT2D eigenvalue weighted by molar-refractivity contribution is 5.87. The lowest BCUT2D eigenvalue weighted by molar-refractivity contribution is -0.139. The summed E-state index contributed by atoms with van der Waals surface area (Å²) in [5.41, 5.74) is 2.39. The molecular weight excluding hydrogens is 276 g/mol. The Morgan fingerprint density at radius 3 is 2.90 bits per heavy atom. The highest BCUT2D eigenvalue weighted by Gasteiger charge is 2.46. The molecule has 0 aromatic carbocycles. The minimum absolute atomic E-state index is 0.198. The number of urea groups is 1. The lowest BCUT2D eigenvalue weighted by Gasteiger charge is -2.28. The maximum atomic E-state index is 12.1. The van der Waals surface area contributed by atoms with E-state index in [1.165, 1.54) is 4.90 Å². The Bertz CT molecular complexity index is 518. The molecule has 0 spiro atoms. The van der Waals surface area contributed by atoms with Crippen LogP contribution < -0.4 is 5.48 Å². The molecule has 2 fully saturated rings. The number of carbonyl (C=O) groups excluding carboxylic acids is 2. The van der Waals surface area contributed by atoms with Crippen LogP contribution in [0.2, 0.25) is 0 Å². The van der Waals surface area contributed by atoms with Crippen molar-refractivity contribution in [1.82, 2.24) is 20.0 Å². The minimum atomic E-state index is -0.572. The highest BCUT2D eigenvalue weighted by atomic mass is 16.7. The van der Waals surface area contributed by atoms with Gasteiger partial charge in [0.15, 0.2) is 0 Å². The summed E-state index contributed by atoms with van der Waals surface area (Å²) in [5.74, 6) is -0.343. The topological polar surface area (TPSA) is 87.0 Å². The summed E-state index contributed by atoms with van der Waals surface area (Å²) < 4.78 is 1.94. The number of nitrogens with one attached hydrogen (secondary N) is 1. The Morgan fingerprint density at radius 1 is 1.38 bits per heavy atom. The number of carbonyl (C=O) groups is 2. The second-order valence-corrected chi connectivity index (χ2v) is 5.26. The van der Waals surface area contributed by atoms with Crippen molar-refractivity contribution in [3.05, 3.63) is 24.5 Å². The van der Waals surface area contributed by atoms with Gasteiger partial charge in [0.2, 0.25) is 0 Å². The van der Waals surface area contributed by atoms with Crippen LogP contribution in [-0.2, 0) is 16.2 Å². The quantitative estimate of drug-likeness (QED) is 0.461. The Morgan fingerprint density at radius 2 is 2.14 bits per heavy atom. The summed E-state index contributed by atoms with van der Waals surface area (Å²) in [7, 11) is 0. The number of rotatable bonds is 5. The summed E-state index contributed by atoms with van der Waals surface area (Å²) in [6.07, 6.45) is 4.96. The normalized spacial score (nSPS) is 24.5. The van der Waals surface area contributed by atoms with Crippen LogP contribution in [0.25, 0.3) is 0 Å². The summed E-state index contributed by atoms with van der Waals surface area (Å²) in [6, 6.07) is 2.55. The standard InChI is InChI=1S/C13H18N4O4/c18-12(14-21-8-7-15-5-1-2-6-15)11-4-3-10-9-16(11)13(19)17(10)20/h1-2,5-6,10-11,20H,3-4,7-9H2,(H,14,18)/t10-,11+/m1/s1. The van der Waals surface area contributed by atoms with Crippen LogP contribution in [0.3, 0.4) is 0 Å². The zero-order valence-corrected chi connectivity index (χ0v) is 11.5. The van der Waals surface area contributed by atoms with Gasteiger partial charge in [0.05, 0.1) is 12.6 Å². The average Bonchev–Trinajstić information content (AvgIpc) is 3.08. The molecule has 0 radical (unpaired) electrons. The molecule has 1 aromatic heterocycles. The second kappa shape index (κ2) is 5.74. The molecule has 8 heteroatoms. The van der Waals surface area contributed by atoms with E-state index in [0.29, 0.717) is 32.5 Å². The van der Waals surface area contributed by atoms with E-state index in [2.05, 4.69) is 5.48 Å². The SMILES string of the molecule is O=C(NOCCn1cccc1)[C@@H]1CC[C@@H]2CN1C(=O)N2O. The zero-order valence-electron chi connectivity index (χ0n) is 11.5. The third-order valence-corrected chi connectivity index (χ3v) is 3.94. The maximum absolute atomic E-state index is 12.1. The molecule has 3 amide bonds. The Labute approximate surface area is 121 Å². The van der Waals surface area contributed by atoms with Crippen molar-refractivity contribution < 1.29 is 19.6 Å². The van der Waals surface area contributed by atoms with Gasteiger partial charge in [-0.2, -0.15) is 0 Å². The summed E-state index contributed by atoms with van der Waals surface area (Å²) >= 11 is 0. The smallest absolute Gasteiger partial charge is 0.344 e. The number of piperidine rings is 1. The van der Waals surface area contributed by atoms with Crippen LogP contribution in [-0.4, -0.2) is 56.9 Å². The van der Waals surface area contributed by atoms with Crippen molar-refractivity contribution in [3.8, 4) is 0 Å². The van der Waals surface area contributed by atoms with Gasteiger partial charge >= 0.3 is 6.03 Å². The molecular formula is C13H18N4O4. The van der Waals surface area contributed by atoms with Crippen molar-refractivity contribution in [2.75, 3.05) is 13.2 Å². The van der Waals surface area contributed by atoms with Gasteiger partial charge in [-0.25, -0.2) is 15.3 Å². The van der Waals surface area contributed by atoms with Gasteiger partial charge in [-0.3, -0.25) is 14.8 Å². The maximum Gasteiger partial charge on any atom is 0.344 e. The second-order valence-electron chi connectivity index (χ2n) is 5.26. The van der Waals surface area contributed by atoms with Crippen LogP contribution in [0, 0.1) is 0 Å². The van der Waals surface area contributed by atoms with E-state index < -0.39 is 12.1 Å². The lowest BCUT2D eigenvalue weighted by atomic mass is 10.0. The molecule has 2 saturated heterocycles. The largest absolute Gasteiger partial charge is 0.352 e. The highest BCUT2D eigenvalue weighted by Crippen LogP contribution is 2.28. The van der Waals surface area contributed by atoms with Crippen molar-refractivity contribution in [1.29, 1.82) is 0 Å². The monoisotopic (exact) mass is 294 g/mol. The number of fused-ring (bicyclic) bond motifs is 2. The van der Waals surface area contributed by atoms with E-state index in [9.17, 15) is 14.8 Å². The van der Waals surface area contributed by atoms with E-state index >= 15 is 0 Å². The molecule has 2 atom stereocenters. The number of aromatic nitrogens is 1. The number of nitrogens with zero attached hydrogens (tertiary/aromatic N) is 3. The van der Waals surface area contributed by atoms with Crippen LogP contribution in [0.4, 0.5) is 4.79 Å². The molecule has 1 aromatic rings. The number of amides is 3. The minimum Gasteiger partial charge on any atom is -0.352 e. The Kier molecular flexibility index (Phi) is 3.80. The van der Waals surface area contributed by atoms with Gasteiger partial charge in [0.1, 0.15) is 6.04 Å². The molecule has 8 nitrogen and oxygen atoms in total. The lowest BCUT2D eigenvalue weighted by Crippen LogP contribution is -2.49. The van der Waals surface area contributed by atoms with Crippen LogP contribution in [0.5, 0.6) is 0 Å². The van der Waals surface area contributed by atoms with E-state index in [1.807, 2.05) is 29.1 Å². The predicted molar refractivity (Wildman–Crippen MR) is 71.1 cm³/mol. The number of hydrogen-bond acceptors (Lipinski definition) is 4. The van der Waals surface area contributed by atoms with Gasteiger partial charge in [-0.15, -0.1) is 0 Å². The molecule has 2 aliphatic heterocycles. The average molecular weight is 294 g/mol. The van der Waals surface area contributed by atoms with Crippen molar-refractivity contribution in [2.24, 2.45) is 0 Å². The first-order valence-corrected chi connectivity index (χ1v) is 6.98. The van der Waals surface area contributed by atoms with Crippen LogP contribution >= 0.6 is 0 Å². The fourth-order valence-electron chi connectivity index (χ4n) is 2.78. The molecule has 2 N–H and O–H groups in total. The van der Waals surface area contributed by atoms with Crippen LogP contribution in [0.15, 0.2) is 24.5 Å². The first-order valence-electron chi connectivity index (χ1n) is 6.98. The fourth-order valence-corrected chi connectivity index (χ4v) is 2.78. The summed E-state index contributed by atoms with van der Waals surface area (Å²) in [4.78, 5) is 30.4. The zero-order chi connectivity index (χ0) is 14.8. The Balaban J connectivity index is 1.46. The molecule has 21 heavy (non-hydrogen) atoms. The predicted octanol–water partition coefficient (Wildman–Crippen LogP) is 0.194. The first-order chi connectivity index (χ1) is 10.2. The Hall–Kier alpha value is -2.06. The number of hydroxylamine groups is 3. The molecule has 114 valence electrons. The van der Waals surface area contributed by atoms with Crippen molar-refractivity contribution in [3.63, 3.8) is 0 Å². The third-order valence-electron chi connectivity index (χ3n) is 3.94. The summed E-state index contributed by atoms with van der Waals surface area (Å²) in [5, 5.41) is 10.3. The van der Waals surface area contributed by atoms with Gasteiger partial charge in [-0.05, 0) is 25.0 Å². The van der Waals surface area contributed by atoms with Crippen molar-refractivity contribution >= 4 is 11.9 Å². The van der Waals surface area contributed by atoms with Gasteiger partial charge in [-0.1, -0.05) is 0 Å². The molecule has 2 bridgehead atoms. The molecule has 0 saturated carbocycles. The number of hydrogen-bond donors (Lipinski definition) is 2. The molecule has 0 aliphatic carbocycles. The van der Waals surface area contributed by atoms with Gasteiger partial charge in [0, 0.05) is 25.5 Å².